The van der Waals surface area contributed by atoms with Crippen LogP contribution in [0.1, 0.15) is 28.8 Å². The van der Waals surface area contributed by atoms with Crippen molar-refractivity contribution in [1.29, 1.82) is 0 Å². The summed E-state index contributed by atoms with van der Waals surface area (Å²) in [6.07, 6.45) is 2.44. The number of hydrogen-bond acceptors (Lipinski definition) is 3. The van der Waals surface area contributed by atoms with Crippen LogP contribution in [-0.2, 0) is 6.54 Å². The van der Waals surface area contributed by atoms with E-state index in [1.165, 1.54) is 18.4 Å². The molecule has 0 amide bonds. The molecule has 1 fully saturated rings. The minimum absolute atomic E-state index is 0.202. The number of thiophene rings is 1. The van der Waals surface area contributed by atoms with E-state index in [0.29, 0.717) is 12.6 Å². The first-order valence-corrected chi connectivity index (χ1v) is 8.50. The van der Waals surface area contributed by atoms with Gasteiger partial charge in [0.25, 0.3) is 0 Å². The molecule has 0 aliphatic heterocycles. The number of halogens is 1. The molecule has 20 heavy (non-hydrogen) atoms. The van der Waals surface area contributed by atoms with Gasteiger partial charge in [-0.15, -0.1) is 0 Å². The van der Waals surface area contributed by atoms with Gasteiger partial charge in [-0.1, -0.05) is 28.1 Å². The minimum Gasteiger partial charge on any atom is -0.293 e. The summed E-state index contributed by atoms with van der Waals surface area (Å²) in [6.45, 7) is 1.39. The van der Waals surface area contributed by atoms with Gasteiger partial charge in [0.15, 0.2) is 5.78 Å². The van der Waals surface area contributed by atoms with Gasteiger partial charge in [-0.05, 0) is 47.4 Å². The molecule has 0 bridgehead atoms. The highest BCUT2D eigenvalue weighted by Crippen LogP contribution is 2.29. The van der Waals surface area contributed by atoms with E-state index in [2.05, 4.69) is 37.7 Å². The van der Waals surface area contributed by atoms with Crippen LogP contribution in [0.2, 0.25) is 0 Å². The lowest BCUT2D eigenvalue weighted by Gasteiger charge is -2.20. The highest BCUT2D eigenvalue weighted by atomic mass is 79.9. The van der Waals surface area contributed by atoms with E-state index in [4.69, 9.17) is 0 Å². The van der Waals surface area contributed by atoms with Crippen molar-refractivity contribution < 1.29 is 4.79 Å². The second-order valence-electron chi connectivity index (χ2n) is 5.20. The number of hydrogen-bond donors (Lipinski definition) is 0. The highest BCUT2D eigenvalue weighted by Gasteiger charge is 2.30. The van der Waals surface area contributed by atoms with Crippen LogP contribution in [-0.4, -0.2) is 23.3 Å². The average molecular weight is 350 g/mol. The van der Waals surface area contributed by atoms with Crippen molar-refractivity contribution in [3.63, 3.8) is 0 Å². The third-order valence-electron chi connectivity index (χ3n) is 3.52. The summed E-state index contributed by atoms with van der Waals surface area (Å²) in [5.74, 6) is 0.202. The summed E-state index contributed by atoms with van der Waals surface area (Å²) in [5.41, 5.74) is 2.10. The van der Waals surface area contributed by atoms with Crippen LogP contribution in [0.25, 0.3) is 0 Å². The van der Waals surface area contributed by atoms with Crippen LogP contribution in [0.5, 0.6) is 0 Å². The smallest absolute Gasteiger partial charge is 0.176 e. The lowest BCUT2D eigenvalue weighted by atomic mass is 10.1. The van der Waals surface area contributed by atoms with Gasteiger partial charge in [-0.25, -0.2) is 0 Å². The van der Waals surface area contributed by atoms with Gasteiger partial charge in [0.2, 0.25) is 0 Å². The summed E-state index contributed by atoms with van der Waals surface area (Å²) in [6, 6.07) is 10.4. The number of Topliss-reactive ketones (excluding diaryl/α,β-unsaturated/α-hetero) is 1. The Morgan fingerprint density at radius 1 is 1.35 bits per heavy atom. The Kier molecular flexibility index (Phi) is 4.34. The van der Waals surface area contributed by atoms with E-state index in [0.717, 1.165) is 16.6 Å². The van der Waals surface area contributed by atoms with Gasteiger partial charge in [0.05, 0.1) is 6.54 Å². The number of nitrogens with zero attached hydrogens (tertiary/aromatic N) is 1. The molecule has 0 saturated heterocycles. The molecule has 1 aromatic carbocycles. The maximum atomic E-state index is 12.4. The van der Waals surface area contributed by atoms with Crippen molar-refractivity contribution in [3.05, 3.63) is 56.7 Å². The standard InChI is InChI=1S/C16H16BrNOS/c17-14-3-1-2-13(8-14)16(19)10-18(15-4-5-15)9-12-6-7-20-11-12/h1-3,6-8,11,15H,4-5,9-10H2. The van der Waals surface area contributed by atoms with Gasteiger partial charge < -0.3 is 0 Å². The largest absolute Gasteiger partial charge is 0.293 e. The summed E-state index contributed by atoms with van der Waals surface area (Å²) in [5, 5.41) is 4.26. The van der Waals surface area contributed by atoms with Crippen LogP contribution >= 0.6 is 27.3 Å². The Morgan fingerprint density at radius 2 is 2.20 bits per heavy atom. The van der Waals surface area contributed by atoms with Crippen molar-refractivity contribution >= 4 is 33.0 Å². The van der Waals surface area contributed by atoms with Crippen molar-refractivity contribution in [3.8, 4) is 0 Å². The molecule has 2 nitrogen and oxygen atoms in total. The third-order valence-corrected chi connectivity index (χ3v) is 4.75. The zero-order valence-corrected chi connectivity index (χ0v) is 13.5. The average Bonchev–Trinajstić information content (AvgIpc) is 3.16. The number of carbonyl (C=O) groups excluding carboxylic acids is 1. The molecule has 0 N–H and O–H groups in total. The molecular formula is C16H16BrNOS. The summed E-state index contributed by atoms with van der Waals surface area (Å²) in [7, 11) is 0. The highest BCUT2D eigenvalue weighted by molar-refractivity contribution is 9.10. The first kappa shape index (κ1) is 14.0. The minimum atomic E-state index is 0.202. The Bertz CT molecular complexity index is 592. The van der Waals surface area contributed by atoms with E-state index in [-0.39, 0.29) is 5.78 Å². The van der Waals surface area contributed by atoms with E-state index in [1.54, 1.807) is 11.3 Å². The van der Waals surface area contributed by atoms with Crippen molar-refractivity contribution in [1.82, 2.24) is 4.90 Å². The van der Waals surface area contributed by atoms with Crippen LogP contribution in [0.3, 0.4) is 0 Å². The van der Waals surface area contributed by atoms with E-state index in [1.807, 2.05) is 24.3 Å². The molecule has 1 heterocycles. The second-order valence-corrected chi connectivity index (χ2v) is 6.90. The molecule has 0 atom stereocenters. The quantitative estimate of drug-likeness (QED) is 0.722. The normalized spacial score (nSPS) is 14.7. The van der Waals surface area contributed by atoms with Gasteiger partial charge in [0.1, 0.15) is 0 Å². The lowest BCUT2D eigenvalue weighted by Crippen LogP contribution is -2.31. The van der Waals surface area contributed by atoms with E-state index < -0.39 is 0 Å². The third kappa shape index (κ3) is 3.57. The molecule has 1 saturated carbocycles. The summed E-state index contributed by atoms with van der Waals surface area (Å²) < 4.78 is 0.958. The predicted molar refractivity (Wildman–Crippen MR) is 86.2 cm³/mol. The number of carbonyl (C=O) groups is 1. The zero-order chi connectivity index (χ0) is 13.9. The fourth-order valence-electron chi connectivity index (χ4n) is 2.31. The first-order chi connectivity index (χ1) is 9.72. The van der Waals surface area contributed by atoms with Crippen molar-refractivity contribution in [2.75, 3.05) is 6.54 Å². The molecule has 1 aliphatic rings. The van der Waals surface area contributed by atoms with Gasteiger partial charge in [-0.3, -0.25) is 9.69 Å². The van der Waals surface area contributed by atoms with Crippen LogP contribution in [0.4, 0.5) is 0 Å². The van der Waals surface area contributed by atoms with Crippen molar-refractivity contribution in [2.45, 2.75) is 25.4 Å². The van der Waals surface area contributed by atoms with Crippen LogP contribution < -0.4 is 0 Å². The molecule has 0 spiro atoms. The Balaban J connectivity index is 1.68. The number of rotatable bonds is 6. The summed E-state index contributed by atoms with van der Waals surface area (Å²) in [4.78, 5) is 14.7. The maximum Gasteiger partial charge on any atom is 0.176 e. The van der Waals surface area contributed by atoms with Crippen molar-refractivity contribution in [2.24, 2.45) is 0 Å². The first-order valence-electron chi connectivity index (χ1n) is 6.76. The molecule has 0 radical (unpaired) electrons. The Labute approximate surface area is 131 Å². The molecule has 3 rings (SSSR count). The topological polar surface area (TPSA) is 20.3 Å². The van der Waals surface area contributed by atoms with E-state index >= 15 is 0 Å². The molecular weight excluding hydrogens is 334 g/mol. The fraction of sp³-hybridized carbons (Fsp3) is 0.312. The number of benzene rings is 1. The fourth-order valence-corrected chi connectivity index (χ4v) is 3.37. The lowest BCUT2D eigenvalue weighted by molar-refractivity contribution is 0.0919. The van der Waals surface area contributed by atoms with Gasteiger partial charge >= 0.3 is 0 Å². The molecule has 104 valence electrons. The van der Waals surface area contributed by atoms with Gasteiger partial charge in [0, 0.05) is 22.6 Å². The Morgan fingerprint density at radius 3 is 2.85 bits per heavy atom. The monoisotopic (exact) mass is 349 g/mol. The Hall–Kier alpha value is -0.970. The zero-order valence-electron chi connectivity index (χ0n) is 11.1. The molecule has 1 aliphatic carbocycles. The molecule has 4 heteroatoms. The van der Waals surface area contributed by atoms with Gasteiger partial charge in [-0.2, -0.15) is 11.3 Å². The number of ketones is 1. The second kappa shape index (κ2) is 6.20. The van der Waals surface area contributed by atoms with Crippen LogP contribution in [0, 0.1) is 0 Å². The molecule has 2 aromatic rings. The van der Waals surface area contributed by atoms with Crippen LogP contribution in [0.15, 0.2) is 45.6 Å². The predicted octanol–water partition coefficient (Wildman–Crippen LogP) is 4.36. The summed E-state index contributed by atoms with van der Waals surface area (Å²) >= 11 is 5.14. The molecule has 1 aromatic heterocycles. The van der Waals surface area contributed by atoms with E-state index in [9.17, 15) is 4.79 Å². The molecule has 0 unspecified atom stereocenters. The maximum absolute atomic E-state index is 12.4. The SMILES string of the molecule is O=C(CN(Cc1ccsc1)C1CC1)c1cccc(Br)c1.